The van der Waals surface area contributed by atoms with Crippen molar-refractivity contribution in [3.8, 4) is 0 Å². The topological polar surface area (TPSA) is 29.5 Å². The minimum atomic E-state index is 0.284. The van der Waals surface area contributed by atoms with E-state index >= 15 is 0 Å². The minimum absolute atomic E-state index is 0.284. The predicted molar refractivity (Wildman–Crippen MR) is 74.4 cm³/mol. The zero-order valence-corrected chi connectivity index (χ0v) is 11.7. The molecule has 0 N–H and O–H groups in total. The van der Waals surface area contributed by atoms with Gasteiger partial charge in [-0.2, -0.15) is 0 Å². The summed E-state index contributed by atoms with van der Waals surface area (Å²) in [5.41, 5.74) is 4.30. The number of amides is 1. The van der Waals surface area contributed by atoms with E-state index in [-0.39, 0.29) is 5.91 Å². The molecule has 1 heterocycles. The number of methoxy groups -OCH3 is 1. The van der Waals surface area contributed by atoms with E-state index in [2.05, 4.69) is 12.2 Å². The fourth-order valence-electron chi connectivity index (χ4n) is 3.56. The van der Waals surface area contributed by atoms with Gasteiger partial charge in [0.05, 0.1) is 7.11 Å². The van der Waals surface area contributed by atoms with E-state index in [1.54, 1.807) is 7.11 Å². The van der Waals surface area contributed by atoms with Crippen molar-refractivity contribution in [2.24, 2.45) is 5.92 Å². The predicted octanol–water partition coefficient (Wildman–Crippen LogP) is 2.81. The lowest BCUT2D eigenvalue weighted by atomic mass is 9.75. The Morgan fingerprint density at radius 2 is 2.05 bits per heavy atom. The lowest BCUT2D eigenvalue weighted by Crippen LogP contribution is -2.28. The normalized spacial score (nSPS) is 27.2. The number of likely N-dealkylation sites (N-methyl/N-ethyl adjacent to an activating group) is 1. The van der Waals surface area contributed by atoms with Crippen molar-refractivity contribution < 1.29 is 9.53 Å². The summed E-state index contributed by atoms with van der Waals surface area (Å²) in [6.45, 7) is 0.799. The van der Waals surface area contributed by atoms with E-state index in [1.165, 1.54) is 16.7 Å². The molecule has 1 atom stereocenters. The van der Waals surface area contributed by atoms with Gasteiger partial charge in [-0.1, -0.05) is 6.08 Å². The maximum Gasteiger partial charge on any atom is 0.222 e. The van der Waals surface area contributed by atoms with Crippen molar-refractivity contribution in [1.29, 1.82) is 0 Å². The van der Waals surface area contributed by atoms with Crippen molar-refractivity contribution in [2.75, 3.05) is 20.7 Å². The van der Waals surface area contributed by atoms with E-state index < -0.39 is 0 Å². The van der Waals surface area contributed by atoms with Gasteiger partial charge in [-0.15, -0.1) is 0 Å². The molecule has 1 fully saturated rings. The second-order valence-corrected chi connectivity index (χ2v) is 5.68. The van der Waals surface area contributed by atoms with Crippen LogP contribution in [-0.4, -0.2) is 31.5 Å². The van der Waals surface area contributed by atoms with Crippen LogP contribution < -0.4 is 0 Å². The van der Waals surface area contributed by atoms with Gasteiger partial charge in [0.15, 0.2) is 0 Å². The summed E-state index contributed by atoms with van der Waals surface area (Å²) in [5.74, 6) is 1.90. The fourth-order valence-corrected chi connectivity index (χ4v) is 3.56. The lowest BCUT2D eigenvalue weighted by Gasteiger charge is -2.32. The van der Waals surface area contributed by atoms with Crippen molar-refractivity contribution in [3.05, 3.63) is 34.6 Å². The molecule has 19 heavy (non-hydrogen) atoms. The number of allylic oxidation sites excluding steroid dienone is 4. The van der Waals surface area contributed by atoms with Crippen LogP contribution >= 0.6 is 0 Å². The van der Waals surface area contributed by atoms with Gasteiger partial charge in [-0.05, 0) is 54.4 Å². The highest BCUT2D eigenvalue weighted by atomic mass is 16.5. The van der Waals surface area contributed by atoms with Crippen LogP contribution in [-0.2, 0) is 9.53 Å². The molecular weight excluding hydrogens is 238 g/mol. The molecule has 0 aromatic rings. The van der Waals surface area contributed by atoms with Gasteiger partial charge in [0, 0.05) is 20.0 Å². The average Bonchev–Trinajstić information content (AvgIpc) is 2.58. The first-order valence-corrected chi connectivity index (χ1v) is 7.10. The molecule has 0 saturated carbocycles. The Morgan fingerprint density at radius 1 is 1.26 bits per heavy atom. The highest BCUT2D eigenvalue weighted by molar-refractivity contribution is 5.77. The first kappa shape index (κ1) is 12.5. The number of ether oxygens (including phenoxy) is 1. The van der Waals surface area contributed by atoms with Crippen molar-refractivity contribution in [1.82, 2.24) is 4.90 Å². The number of hydrogen-bond donors (Lipinski definition) is 0. The van der Waals surface area contributed by atoms with Gasteiger partial charge in [0.1, 0.15) is 5.76 Å². The first-order valence-electron chi connectivity index (χ1n) is 7.10. The number of carbonyl (C=O) groups excluding carboxylic acids is 1. The number of likely N-dealkylation sites (tertiary alicyclic amines) is 1. The third-order valence-corrected chi connectivity index (χ3v) is 4.64. The average molecular weight is 259 g/mol. The molecule has 1 unspecified atom stereocenters. The third-order valence-electron chi connectivity index (χ3n) is 4.64. The summed E-state index contributed by atoms with van der Waals surface area (Å²) in [4.78, 5) is 13.8. The van der Waals surface area contributed by atoms with Crippen LogP contribution in [0.5, 0.6) is 0 Å². The Kier molecular flexibility index (Phi) is 3.21. The smallest absolute Gasteiger partial charge is 0.222 e. The zero-order valence-electron chi connectivity index (χ0n) is 11.7. The fraction of sp³-hybridized carbons (Fsp3) is 0.562. The second kappa shape index (κ2) is 4.87. The van der Waals surface area contributed by atoms with Crippen molar-refractivity contribution >= 4 is 5.91 Å². The minimum Gasteiger partial charge on any atom is -0.496 e. The van der Waals surface area contributed by atoms with E-state index in [0.717, 1.165) is 38.0 Å². The molecule has 0 bridgehead atoms. The van der Waals surface area contributed by atoms with E-state index in [4.69, 9.17) is 4.74 Å². The van der Waals surface area contributed by atoms with Crippen LogP contribution in [0.2, 0.25) is 0 Å². The Labute approximate surface area is 114 Å². The van der Waals surface area contributed by atoms with Gasteiger partial charge in [-0.25, -0.2) is 0 Å². The Balaban J connectivity index is 2.04. The molecular formula is C16H21NO2. The summed E-state index contributed by atoms with van der Waals surface area (Å²) < 4.78 is 5.50. The molecule has 2 aliphatic carbocycles. The highest BCUT2D eigenvalue weighted by Crippen LogP contribution is 2.42. The van der Waals surface area contributed by atoms with Crippen LogP contribution in [0, 0.1) is 5.92 Å². The largest absolute Gasteiger partial charge is 0.496 e. The highest BCUT2D eigenvalue weighted by Gasteiger charge is 2.32. The Hall–Kier alpha value is -1.51. The maximum absolute atomic E-state index is 11.9. The molecule has 1 amide bonds. The number of rotatable bonds is 1. The molecule has 0 aromatic carbocycles. The summed E-state index contributed by atoms with van der Waals surface area (Å²) in [7, 11) is 3.67. The van der Waals surface area contributed by atoms with Crippen LogP contribution in [0.25, 0.3) is 0 Å². The van der Waals surface area contributed by atoms with E-state index in [1.807, 2.05) is 11.9 Å². The molecule has 0 radical (unpaired) electrons. The molecule has 1 aliphatic heterocycles. The summed E-state index contributed by atoms with van der Waals surface area (Å²) >= 11 is 0. The number of hydrogen-bond acceptors (Lipinski definition) is 2. The monoisotopic (exact) mass is 259 g/mol. The van der Waals surface area contributed by atoms with Crippen LogP contribution in [0.15, 0.2) is 34.6 Å². The van der Waals surface area contributed by atoms with Gasteiger partial charge >= 0.3 is 0 Å². The van der Waals surface area contributed by atoms with E-state index in [0.29, 0.717) is 12.3 Å². The first-order chi connectivity index (χ1) is 9.20. The van der Waals surface area contributed by atoms with Crippen LogP contribution in [0.3, 0.4) is 0 Å². The molecule has 3 aliphatic rings. The SMILES string of the molecule is COC1=C2CCC3CCC(=O)N(C)CC3=C2CC=C1. The number of nitrogens with zero attached hydrogens (tertiary/aromatic N) is 1. The second-order valence-electron chi connectivity index (χ2n) is 5.68. The molecule has 0 spiro atoms. The standard InChI is InChI=1S/C16H21NO2/c1-17-10-14-11(7-9-16(17)18)6-8-13-12(14)4-3-5-15(13)19-2/h3,5,11H,4,6-10H2,1-2H3. The Morgan fingerprint density at radius 3 is 2.84 bits per heavy atom. The van der Waals surface area contributed by atoms with E-state index in [9.17, 15) is 4.79 Å². The zero-order chi connectivity index (χ0) is 13.4. The quantitative estimate of drug-likeness (QED) is 0.724. The van der Waals surface area contributed by atoms with Crippen molar-refractivity contribution in [3.63, 3.8) is 0 Å². The molecule has 3 rings (SSSR count). The maximum atomic E-state index is 11.9. The molecule has 3 nitrogen and oxygen atoms in total. The van der Waals surface area contributed by atoms with Crippen LogP contribution in [0.1, 0.15) is 32.1 Å². The lowest BCUT2D eigenvalue weighted by molar-refractivity contribution is -0.129. The molecule has 102 valence electrons. The molecule has 1 saturated heterocycles. The van der Waals surface area contributed by atoms with Crippen LogP contribution in [0.4, 0.5) is 0 Å². The number of fused-ring (bicyclic) bond motifs is 2. The Bertz CT molecular complexity index is 499. The molecule has 0 aromatic heterocycles. The van der Waals surface area contributed by atoms with Gasteiger partial charge in [-0.3, -0.25) is 4.79 Å². The van der Waals surface area contributed by atoms with Gasteiger partial charge in [0.25, 0.3) is 0 Å². The van der Waals surface area contributed by atoms with Crippen molar-refractivity contribution in [2.45, 2.75) is 32.1 Å². The summed E-state index contributed by atoms with van der Waals surface area (Å²) in [6.07, 6.45) is 9.23. The summed E-state index contributed by atoms with van der Waals surface area (Å²) in [6, 6.07) is 0. The van der Waals surface area contributed by atoms with Gasteiger partial charge in [0.2, 0.25) is 5.91 Å². The van der Waals surface area contributed by atoms with Gasteiger partial charge < -0.3 is 9.64 Å². The third kappa shape index (κ3) is 2.11. The molecule has 3 heteroatoms. The summed E-state index contributed by atoms with van der Waals surface area (Å²) in [5, 5.41) is 0. The number of carbonyl (C=O) groups is 1.